The van der Waals surface area contributed by atoms with Crippen LogP contribution in [0.1, 0.15) is 26.7 Å². The highest BCUT2D eigenvalue weighted by molar-refractivity contribution is 7.89. The van der Waals surface area contributed by atoms with Gasteiger partial charge in [-0.05, 0) is 24.3 Å². The van der Waals surface area contributed by atoms with Crippen LogP contribution in [0.2, 0.25) is 5.02 Å². The van der Waals surface area contributed by atoms with Crippen LogP contribution >= 0.6 is 11.6 Å². The molecule has 1 fully saturated rings. The van der Waals surface area contributed by atoms with Crippen LogP contribution in [0.5, 0.6) is 0 Å². The van der Waals surface area contributed by atoms with E-state index in [0.29, 0.717) is 13.1 Å². The highest BCUT2D eigenvalue weighted by Crippen LogP contribution is 2.32. The molecular weight excluding hydrogens is 300 g/mol. The Labute approximate surface area is 124 Å². The fourth-order valence-electron chi connectivity index (χ4n) is 2.39. The topological polar surface area (TPSA) is 88.3 Å². The molecule has 1 aromatic rings. The molecule has 112 valence electrons. The monoisotopic (exact) mass is 318 g/mol. The highest BCUT2D eigenvalue weighted by Gasteiger charge is 2.34. The molecule has 0 aliphatic carbocycles. The second-order valence-electron chi connectivity index (χ2n) is 5.75. The number of nitrogens with one attached hydrogen (secondary N) is 1. The third-order valence-corrected chi connectivity index (χ3v) is 5.55. The highest BCUT2D eigenvalue weighted by atomic mass is 35.5. The van der Waals surface area contributed by atoms with Gasteiger partial charge < -0.3 is 5.43 Å². The van der Waals surface area contributed by atoms with Gasteiger partial charge in [-0.15, -0.1) is 0 Å². The summed E-state index contributed by atoms with van der Waals surface area (Å²) in [6.45, 7) is 5.17. The minimum atomic E-state index is -3.56. The standard InChI is InChI=1S/C12H19ClN4O2S/c1-12(2)4-3-5-17(8-12)20(18,19)9-6-10(13)11(16-14)15-7-9/h6-7H,3-5,8,14H2,1-2H3,(H,15,16). The van der Waals surface area contributed by atoms with Gasteiger partial charge in [0.15, 0.2) is 5.82 Å². The van der Waals surface area contributed by atoms with Crippen molar-refractivity contribution in [2.24, 2.45) is 11.3 Å². The lowest BCUT2D eigenvalue weighted by Crippen LogP contribution is -2.43. The summed E-state index contributed by atoms with van der Waals surface area (Å²) in [7, 11) is -3.56. The zero-order valence-corrected chi connectivity index (χ0v) is 13.1. The number of nitrogen functional groups attached to an aromatic ring is 1. The summed E-state index contributed by atoms with van der Waals surface area (Å²) in [4.78, 5) is 4.02. The predicted octanol–water partition coefficient (Wildman–Crippen LogP) is 1.83. The fourth-order valence-corrected chi connectivity index (χ4v) is 4.32. The number of aromatic nitrogens is 1. The molecule has 1 aromatic heterocycles. The van der Waals surface area contributed by atoms with E-state index < -0.39 is 10.0 Å². The van der Waals surface area contributed by atoms with E-state index in [1.165, 1.54) is 16.6 Å². The van der Waals surface area contributed by atoms with Crippen molar-refractivity contribution in [3.05, 3.63) is 17.3 Å². The summed E-state index contributed by atoms with van der Waals surface area (Å²) in [6, 6.07) is 1.38. The number of piperidine rings is 1. The number of hydrazine groups is 1. The zero-order chi connectivity index (χ0) is 15.0. The summed E-state index contributed by atoms with van der Waals surface area (Å²) in [6.07, 6.45) is 3.15. The van der Waals surface area contributed by atoms with Gasteiger partial charge in [-0.25, -0.2) is 19.2 Å². The Kier molecular flexibility index (Phi) is 4.24. The number of anilines is 1. The van der Waals surface area contributed by atoms with E-state index in [4.69, 9.17) is 17.4 Å². The summed E-state index contributed by atoms with van der Waals surface area (Å²) in [5.74, 6) is 5.49. The van der Waals surface area contributed by atoms with Crippen LogP contribution in [0.25, 0.3) is 0 Å². The second-order valence-corrected chi connectivity index (χ2v) is 8.10. The number of hydrogen-bond donors (Lipinski definition) is 2. The van der Waals surface area contributed by atoms with Crippen molar-refractivity contribution in [1.82, 2.24) is 9.29 Å². The van der Waals surface area contributed by atoms with Crippen LogP contribution in [-0.2, 0) is 10.0 Å². The first-order chi connectivity index (χ1) is 9.26. The van der Waals surface area contributed by atoms with Crippen molar-refractivity contribution in [2.75, 3.05) is 18.5 Å². The summed E-state index contributed by atoms with van der Waals surface area (Å²) < 4.78 is 26.7. The Bertz CT molecular complexity index is 603. The van der Waals surface area contributed by atoms with E-state index in [0.717, 1.165) is 12.8 Å². The van der Waals surface area contributed by atoms with Crippen LogP contribution in [-0.4, -0.2) is 30.8 Å². The van der Waals surface area contributed by atoms with Crippen molar-refractivity contribution >= 4 is 27.4 Å². The molecule has 1 aliphatic rings. The van der Waals surface area contributed by atoms with Gasteiger partial charge in [0.05, 0.1) is 5.02 Å². The average Bonchev–Trinajstić information content (AvgIpc) is 2.37. The second kappa shape index (κ2) is 5.48. The average molecular weight is 319 g/mol. The lowest BCUT2D eigenvalue weighted by atomic mass is 9.85. The molecule has 6 nitrogen and oxygen atoms in total. The molecule has 1 saturated heterocycles. The van der Waals surface area contributed by atoms with Gasteiger partial charge in [-0.3, -0.25) is 0 Å². The van der Waals surface area contributed by atoms with Gasteiger partial charge in [-0.2, -0.15) is 4.31 Å². The van der Waals surface area contributed by atoms with Gasteiger partial charge in [-0.1, -0.05) is 25.4 Å². The van der Waals surface area contributed by atoms with Crippen molar-refractivity contribution < 1.29 is 8.42 Å². The van der Waals surface area contributed by atoms with Gasteiger partial charge in [0.1, 0.15) is 4.90 Å². The smallest absolute Gasteiger partial charge is 0.244 e. The summed E-state index contributed by atoms with van der Waals surface area (Å²) >= 11 is 5.94. The number of hydrogen-bond acceptors (Lipinski definition) is 5. The Hall–Kier alpha value is -0.890. The molecular formula is C12H19ClN4O2S. The van der Waals surface area contributed by atoms with Crippen molar-refractivity contribution in [1.29, 1.82) is 0 Å². The minimum Gasteiger partial charge on any atom is -0.307 e. The minimum absolute atomic E-state index is 0.0126. The van der Waals surface area contributed by atoms with E-state index in [-0.39, 0.29) is 21.2 Å². The van der Waals surface area contributed by atoms with Crippen LogP contribution in [0, 0.1) is 5.41 Å². The fraction of sp³-hybridized carbons (Fsp3) is 0.583. The molecule has 0 radical (unpaired) electrons. The van der Waals surface area contributed by atoms with E-state index in [1.54, 1.807) is 0 Å². The molecule has 20 heavy (non-hydrogen) atoms. The van der Waals surface area contributed by atoms with Gasteiger partial charge in [0, 0.05) is 19.3 Å². The lowest BCUT2D eigenvalue weighted by molar-refractivity contribution is 0.187. The molecule has 0 unspecified atom stereocenters. The summed E-state index contributed by atoms with van der Waals surface area (Å²) in [5, 5.41) is 0.185. The first-order valence-corrected chi connectivity index (χ1v) is 8.20. The number of halogens is 1. The molecule has 0 saturated carbocycles. The maximum Gasteiger partial charge on any atom is 0.244 e. The Morgan fingerprint density at radius 1 is 1.50 bits per heavy atom. The third-order valence-electron chi connectivity index (χ3n) is 3.46. The number of pyridine rings is 1. The quantitative estimate of drug-likeness (QED) is 0.655. The van der Waals surface area contributed by atoms with Crippen LogP contribution in [0.15, 0.2) is 17.2 Å². The van der Waals surface area contributed by atoms with E-state index in [9.17, 15) is 8.42 Å². The predicted molar refractivity (Wildman–Crippen MR) is 78.8 cm³/mol. The van der Waals surface area contributed by atoms with Gasteiger partial charge in [0.25, 0.3) is 0 Å². The number of nitrogens with zero attached hydrogens (tertiary/aromatic N) is 2. The lowest BCUT2D eigenvalue weighted by Gasteiger charge is -2.37. The Balaban J connectivity index is 2.33. The molecule has 0 aromatic carbocycles. The largest absolute Gasteiger partial charge is 0.307 e. The normalized spacial score (nSPS) is 19.8. The molecule has 3 N–H and O–H groups in total. The number of sulfonamides is 1. The van der Waals surface area contributed by atoms with Crippen LogP contribution in [0.4, 0.5) is 5.82 Å². The first-order valence-electron chi connectivity index (χ1n) is 6.39. The number of nitrogens with two attached hydrogens (primary N) is 1. The molecule has 0 amide bonds. The molecule has 0 bridgehead atoms. The van der Waals surface area contributed by atoms with Crippen LogP contribution in [0.3, 0.4) is 0 Å². The zero-order valence-electron chi connectivity index (χ0n) is 11.6. The van der Waals surface area contributed by atoms with Crippen molar-refractivity contribution in [3.63, 3.8) is 0 Å². The van der Waals surface area contributed by atoms with E-state index in [1.807, 2.05) is 0 Å². The Morgan fingerprint density at radius 2 is 2.20 bits per heavy atom. The third kappa shape index (κ3) is 3.06. The van der Waals surface area contributed by atoms with Crippen molar-refractivity contribution in [2.45, 2.75) is 31.6 Å². The molecule has 8 heteroatoms. The summed E-state index contributed by atoms with van der Waals surface area (Å²) in [5.41, 5.74) is 2.30. The maximum atomic E-state index is 12.6. The molecule has 1 aliphatic heterocycles. The van der Waals surface area contributed by atoms with E-state index in [2.05, 4.69) is 24.3 Å². The van der Waals surface area contributed by atoms with Gasteiger partial charge >= 0.3 is 0 Å². The Morgan fingerprint density at radius 3 is 2.75 bits per heavy atom. The van der Waals surface area contributed by atoms with Crippen molar-refractivity contribution in [3.8, 4) is 0 Å². The van der Waals surface area contributed by atoms with Gasteiger partial charge in [0.2, 0.25) is 10.0 Å². The van der Waals surface area contributed by atoms with E-state index >= 15 is 0 Å². The molecule has 2 heterocycles. The maximum absolute atomic E-state index is 12.6. The first kappa shape index (κ1) is 15.5. The molecule has 0 spiro atoms. The SMILES string of the molecule is CC1(C)CCCN(S(=O)(=O)c2cnc(NN)c(Cl)c2)C1. The molecule has 0 atom stereocenters. The number of rotatable bonds is 3. The molecule has 2 rings (SSSR count). The van der Waals surface area contributed by atoms with Crippen LogP contribution < -0.4 is 11.3 Å².